The Labute approximate surface area is 165 Å². The molecule has 0 bridgehead atoms. The van der Waals surface area contributed by atoms with Gasteiger partial charge < -0.3 is 10.6 Å². The van der Waals surface area contributed by atoms with Crippen molar-refractivity contribution in [1.29, 1.82) is 5.26 Å². The fourth-order valence-corrected chi connectivity index (χ4v) is 4.27. The Hall–Kier alpha value is -2.16. The van der Waals surface area contributed by atoms with Crippen LogP contribution in [-0.4, -0.2) is 18.0 Å². The highest BCUT2D eigenvalue weighted by Crippen LogP contribution is 2.39. The van der Waals surface area contributed by atoms with Crippen molar-refractivity contribution in [3.8, 4) is 6.07 Å². The number of benzene rings is 1. The lowest BCUT2D eigenvalue weighted by Crippen LogP contribution is -2.88. The highest BCUT2D eigenvalue weighted by molar-refractivity contribution is 7.10. The maximum absolute atomic E-state index is 12.5. The molecule has 0 aliphatic heterocycles. The van der Waals surface area contributed by atoms with Crippen molar-refractivity contribution in [3.05, 3.63) is 57.8 Å². The molecule has 0 radical (unpaired) electrons. The van der Waals surface area contributed by atoms with E-state index >= 15 is 0 Å². The molecule has 1 aliphatic carbocycles. The summed E-state index contributed by atoms with van der Waals surface area (Å²) in [6, 6.07) is 15.2. The number of carbonyl (C=O) groups excluding carboxylic acids is 1. The largest absolute Gasteiger partial charge is 0.333 e. The molecular weight excluding hydrogens is 354 g/mol. The molecule has 1 fully saturated rings. The van der Waals surface area contributed by atoms with Gasteiger partial charge in [-0.2, -0.15) is 5.26 Å². The third-order valence-electron chi connectivity index (χ3n) is 5.38. The minimum Gasteiger partial charge on any atom is -0.333 e. The van der Waals surface area contributed by atoms with E-state index in [1.54, 1.807) is 11.3 Å². The molecule has 2 atom stereocenters. The zero-order valence-electron chi connectivity index (χ0n) is 16.2. The molecule has 27 heavy (non-hydrogen) atoms. The van der Waals surface area contributed by atoms with Gasteiger partial charge in [-0.3, -0.25) is 4.79 Å². The first-order valence-electron chi connectivity index (χ1n) is 9.62. The van der Waals surface area contributed by atoms with E-state index in [0.717, 1.165) is 12.8 Å². The van der Waals surface area contributed by atoms with Gasteiger partial charge in [-0.05, 0) is 48.6 Å². The van der Waals surface area contributed by atoms with Crippen LogP contribution in [0.1, 0.15) is 61.6 Å². The zero-order valence-corrected chi connectivity index (χ0v) is 17.1. The summed E-state index contributed by atoms with van der Waals surface area (Å²) in [7, 11) is 0. The van der Waals surface area contributed by atoms with Crippen LogP contribution in [0.25, 0.3) is 0 Å². The van der Waals surface area contributed by atoms with Crippen LogP contribution in [0.5, 0.6) is 0 Å². The van der Waals surface area contributed by atoms with Crippen molar-refractivity contribution < 1.29 is 10.1 Å². The Kier molecular flexibility index (Phi) is 5.98. The van der Waals surface area contributed by atoms with Gasteiger partial charge in [0.05, 0.1) is 10.9 Å². The predicted octanol–water partition coefficient (Wildman–Crippen LogP) is 3.33. The summed E-state index contributed by atoms with van der Waals surface area (Å²) < 4.78 is 0. The molecule has 2 aromatic rings. The summed E-state index contributed by atoms with van der Waals surface area (Å²) in [5.41, 5.74) is 1.78. The highest BCUT2D eigenvalue weighted by atomic mass is 32.1. The molecule has 0 spiro atoms. The van der Waals surface area contributed by atoms with Crippen LogP contribution in [-0.2, 0) is 4.79 Å². The molecule has 5 heteroatoms. The zero-order chi connectivity index (χ0) is 19.4. The lowest BCUT2D eigenvalue weighted by molar-refractivity contribution is -0.676. The monoisotopic (exact) mass is 382 g/mol. The third kappa shape index (κ3) is 4.77. The lowest BCUT2D eigenvalue weighted by Gasteiger charge is -2.23. The second-order valence-corrected chi connectivity index (χ2v) is 8.87. The van der Waals surface area contributed by atoms with Crippen molar-refractivity contribution in [2.45, 2.75) is 51.1 Å². The molecule has 0 unspecified atom stereocenters. The lowest BCUT2D eigenvalue weighted by atomic mass is 9.97. The van der Waals surface area contributed by atoms with Gasteiger partial charge in [0.25, 0.3) is 5.91 Å². The minimum absolute atomic E-state index is 0.0775. The SMILES string of the molecule is CC(C)c1ccc([C@H]([NH2+]CC(=O)N[C@@](C)(C#N)C2CC2)c2cccs2)cc1. The maximum Gasteiger partial charge on any atom is 0.276 e. The molecule has 1 amide bonds. The van der Waals surface area contributed by atoms with Gasteiger partial charge in [0.1, 0.15) is 11.6 Å². The molecule has 1 heterocycles. The van der Waals surface area contributed by atoms with E-state index in [1.165, 1.54) is 16.0 Å². The number of nitrogens with two attached hydrogens (primary N) is 1. The average molecular weight is 383 g/mol. The number of carbonyl (C=O) groups is 1. The van der Waals surface area contributed by atoms with Gasteiger partial charge in [-0.25, -0.2) is 0 Å². The Morgan fingerprint density at radius 3 is 2.48 bits per heavy atom. The summed E-state index contributed by atoms with van der Waals surface area (Å²) in [5.74, 6) is 0.717. The topological polar surface area (TPSA) is 69.5 Å². The number of hydrogen-bond donors (Lipinski definition) is 2. The fraction of sp³-hybridized carbons (Fsp3) is 0.455. The van der Waals surface area contributed by atoms with Gasteiger partial charge in [-0.15, -0.1) is 11.3 Å². The molecule has 4 nitrogen and oxygen atoms in total. The van der Waals surface area contributed by atoms with E-state index < -0.39 is 5.54 Å². The summed E-state index contributed by atoms with van der Waals surface area (Å²) in [4.78, 5) is 13.7. The molecule has 0 saturated heterocycles. The smallest absolute Gasteiger partial charge is 0.276 e. The number of amides is 1. The van der Waals surface area contributed by atoms with Crippen LogP contribution in [0.2, 0.25) is 0 Å². The quantitative estimate of drug-likeness (QED) is 0.735. The van der Waals surface area contributed by atoms with Crippen LogP contribution < -0.4 is 10.6 Å². The first-order valence-corrected chi connectivity index (χ1v) is 10.5. The van der Waals surface area contributed by atoms with E-state index in [1.807, 2.05) is 13.0 Å². The number of hydrogen-bond acceptors (Lipinski definition) is 3. The van der Waals surface area contributed by atoms with Crippen molar-refractivity contribution >= 4 is 17.2 Å². The van der Waals surface area contributed by atoms with Crippen molar-refractivity contribution in [2.24, 2.45) is 5.92 Å². The number of nitriles is 1. The molecule has 1 aromatic heterocycles. The number of thiophene rings is 1. The molecule has 1 aliphatic rings. The second-order valence-electron chi connectivity index (χ2n) is 7.89. The molecule has 142 valence electrons. The summed E-state index contributed by atoms with van der Waals surface area (Å²) in [6.07, 6.45) is 2.04. The van der Waals surface area contributed by atoms with Gasteiger partial charge in [0, 0.05) is 5.56 Å². The summed E-state index contributed by atoms with van der Waals surface area (Å²) in [6.45, 7) is 6.52. The van der Waals surface area contributed by atoms with E-state index in [9.17, 15) is 10.1 Å². The third-order valence-corrected chi connectivity index (χ3v) is 6.33. The van der Waals surface area contributed by atoms with E-state index in [-0.39, 0.29) is 11.9 Å². The van der Waals surface area contributed by atoms with Crippen molar-refractivity contribution in [1.82, 2.24) is 5.32 Å². The second kappa shape index (κ2) is 8.24. The summed E-state index contributed by atoms with van der Waals surface area (Å²) in [5, 5.41) is 16.5. The Bertz CT molecular complexity index is 803. The van der Waals surface area contributed by atoms with E-state index in [2.05, 4.69) is 66.3 Å². The Morgan fingerprint density at radius 2 is 1.96 bits per heavy atom. The van der Waals surface area contributed by atoms with Gasteiger partial charge in [0.15, 0.2) is 6.54 Å². The minimum atomic E-state index is -0.734. The predicted molar refractivity (Wildman–Crippen MR) is 108 cm³/mol. The summed E-state index contributed by atoms with van der Waals surface area (Å²) >= 11 is 1.71. The number of nitrogens with zero attached hydrogens (tertiary/aromatic N) is 1. The van der Waals surface area contributed by atoms with Crippen molar-refractivity contribution in [2.75, 3.05) is 6.54 Å². The van der Waals surface area contributed by atoms with Gasteiger partial charge in [-0.1, -0.05) is 44.2 Å². The number of quaternary nitrogens is 1. The molecule has 3 N–H and O–H groups in total. The standard InChI is InChI=1S/C22H27N3OS/c1-15(2)16-6-8-17(9-7-16)21(19-5-4-12-27-19)24-13-20(26)25-22(3,14-23)18-10-11-18/h4-9,12,15,18,21,24H,10-11,13H2,1-3H3,(H,25,26)/p+1/t21-,22-/m0/s1. The van der Waals surface area contributed by atoms with Crippen molar-refractivity contribution in [3.63, 3.8) is 0 Å². The van der Waals surface area contributed by atoms with Gasteiger partial charge in [0.2, 0.25) is 0 Å². The maximum atomic E-state index is 12.5. The highest BCUT2D eigenvalue weighted by Gasteiger charge is 2.43. The average Bonchev–Trinajstić information content (AvgIpc) is 3.39. The van der Waals surface area contributed by atoms with E-state index in [4.69, 9.17) is 0 Å². The number of nitrogens with one attached hydrogen (secondary N) is 1. The Morgan fingerprint density at radius 1 is 1.30 bits per heavy atom. The normalized spacial score (nSPS) is 17.1. The first kappa shape index (κ1) is 19.6. The van der Waals surface area contributed by atoms with Crippen LogP contribution in [0.4, 0.5) is 0 Å². The van der Waals surface area contributed by atoms with Crippen LogP contribution in [0.15, 0.2) is 41.8 Å². The molecule has 3 rings (SSSR count). The molecular formula is C22H28N3OS+. The Balaban J connectivity index is 1.69. The first-order chi connectivity index (χ1) is 12.9. The van der Waals surface area contributed by atoms with Crippen LogP contribution in [0.3, 0.4) is 0 Å². The fourth-order valence-electron chi connectivity index (χ4n) is 3.42. The van der Waals surface area contributed by atoms with E-state index in [0.29, 0.717) is 18.4 Å². The van der Waals surface area contributed by atoms with Crippen LogP contribution in [0, 0.1) is 17.2 Å². The number of rotatable bonds is 8. The molecule has 1 saturated carbocycles. The van der Waals surface area contributed by atoms with Crippen LogP contribution >= 0.6 is 11.3 Å². The van der Waals surface area contributed by atoms with Gasteiger partial charge >= 0.3 is 0 Å². The molecule has 1 aromatic carbocycles.